The minimum atomic E-state index is 0.102. The molecule has 4 nitrogen and oxygen atoms in total. The molecular formula is C15H24N2O2. The van der Waals surface area contributed by atoms with Gasteiger partial charge in [-0.05, 0) is 24.1 Å². The summed E-state index contributed by atoms with van der Waals surface area (Å²) >= 11 is 0. The number of benzene rings is 1. The molecule has 19 heavy (non-hydrogen) atoms. The Balaban J connectivity index is 2.32. The minimum Gasteiger partial charge on any atom is -0.495 e. The van der Waals surface area contributed by atoms with Gasteiger partial charge in [-0.25, -0.2) is 0 Å². The summed E-state index contributed by atoms with van der Waals surface area (Å²) in [5.41, 5.74) is 7.40. The van der Waals surface area contributed by atoms with E-state index in [1.807, 2.05) is 18.2 Å². The molecule has 0 aliphatic rings. The highest BCUT2D eigenvalue weighted by Crippen LogP contribution is 2.21. The molecule has 1 aromatic carbocycles. The van der Waals surface area contributed by atoms with Crippen LogP contribution in [0.25, 0.3) is 0 Å². The number of carbonyl (C=O) groups is 1. The third kappa shape index (κ3) is 5.64. The Labute approximate surface area is 115 Å². The molecule has 0 aliphatic heterocycles. The molecule has 0 heterocycles. The zero-order valence-corrected chi connectivity index (χ0v) is 11.9. The summed E-state index contributed by atoms with van der Waals surface area (Å²) in [4.78, 5) is 11.6. The lowest BCUT2D eigenvalue weighted by molar-refractivity contribution is -0.121. The van der Waals surface area contributed by atoms with Crippen molar-refractivity contribution in [2.45, 2.75) is 45.6 Å². The van der Waals surface area contributed by atoms with E-state index in [-0.39, 0.29) is 5.91 Å². The number of unbranched alkanes of at least 4 members (excludes halogenated alkanes) is 3. The van der Waals surface area contributed by atoms with Crippen LogP contribution in [0.1, 0.15) is 44.6 Å². The van der Waals surface area contributed by atoms with Crippen molar-refractivity contribution < 1.29 is 9.53 Å². The van der Waals surface area contributed by atoms with E-state index in [1.54, 1.807) is 7.11 Å². The number of nitrogens with two attached hydrogens (primary N) is 1. The summed E-state index contributed by atoms with van der Waals surface area (Å²) in [5, 5.41) is 2.91. The quantitative estimate of drug-likeness (QED) is 0.560. The Morgan fingerprint density at radius 3 is 2.74 bits per heavy atom. The molecule has 0 saturated carbocycles. The van der Waals surface area contributed by atoms with Gasteiger partial charge in [0.15, 0.2) is 0 Å². The van der Waals surface area contributed by atoms with Gasteiger partial charge in [0.25, 0.3) is 0 Å². The van der Waals surface area contributed by atoms with E-state index in [0.29, 0.717) is 24.4 Å². The van der Waals surface area contributed by atoms with Gasteiger partial charge in [-0.3, -0.25) is 4.79 Å². The number of ether oxygens (including phenoxy) is 1. The van der Waals surface area contributed by atoms with Crippen molar-refractivity contribution in [3.8, 4) is 5.75 Å². The smallest absolute Gasteiger partial charge is 0.220 e. The van der Waals surface area contributed by atoms with Crippen LogP contribution >= 0.6 is 0 Å². The summed E-state index contributed by atoms with van der Waals surface area (Å²) in [6.45, 7) is 2.68. The Morgan fingerprint density at radius 1 is 1.32 bits per heavy atom. The first kappa shape index (κ1) is 15.3. The first-order valence-corrected chi connectivity index (χ1v) is 6.86. The van der Waals surface area contributed by atoms with Crippen molar-refractivity contribution in [1.82, 2.24) is 5.32 Å². The van der Waals surface area contributed by atoms with Crippen molar-refractivity contribution in [2.24, 2.45) is 0 Å². The number of carbonyl (C=O) groups excluding carboxylic acids is 1. The second-order valence-corrected chi connectivity index (χ2v) is 4.66. The molecule has 0 radical (unpaired) electrons. The van der Waals surface area contributed by atoms with Crippen LogP contribution in [0, 0.1) is 0 Å². The maximum Gasteiger partial charge on any atom is 0.220 e. The molecule has 4 heteroatoms. The van der Waals surface area contributed by atoms with Crippen molar-refractivity contribution in [2.75, 3.05) is 12.8 Å². The summed E-state index contributed by atoms with van der Waals surface area (Å²) in [6, 6.07) is 5.56. The highest BCUT2D eigenvalue weighted by Gasteiger charge is 2.03. The molecule has 106 valence electrons. The Kier molecular flexibility index (Phi) is 6.79. The van der Waals surface area contributed by atoms with Crippen LogP contribution in [0.4, 0.5) is 5.69 Å². The van der Waals surface area contributed by atoms with E-state index in [0.717, 1.165) is 18.4 Å². The standard InChI is InChI=1S/C15H24N2O2/c1-3-4-5-6-7-15(18)17-11-12-8-9-14(19-2)13(16)10-12/h8-10H,3-7,11,16H2,1-2H3,(H,17,18). The van der Waals surface area contributed by atoms with Gasteiger partial charge in [-0.1, -0.05) is 32.3 Å². The summed E-state index contributed by atoms with van der Waals surface area (Å²) in [7, 11) is 1.59. The van der Waals surface area contributed by atoms with Gasteiger partial charge >= 0.3 is 0 Å². The van der Waals surface area contributed by atoms with Crippen LogP contribution in [0.2, 0.25) is 0 Å². The summed E-state index contributed by atoms with van der Waals surface area (Å²) in [6.07, 6.45) is 5.07. The molecular weight excluding hydrogens is 240 g/mol. The number of rotatable bonds is 8. The van der Waals surface area contributed by atoms with Crippen LogP contribution in [-0.4, -0.2) is 13.0 Å². The Bertz CT molecular complexity index is 405. The summed E-state index contributed by atoms with van der Waals surface area (Å²) in [5.74, 6) is 0.764. The lowest BCUT2D eigenvalue weighted by atomic mass is 10.1. The minimum absolute atomic E-state index is 0.102. The third-order valence-corrected chi connectivity index (χ3v) is 3.04. The molecule has 0 aliphatic carbocycles. The Hall–Kier alpha value is -1.71. The van der Waals surface area contributed by atoms with Gasteiger partial charge in [-0.2, -0.15) is 0 Å². The second-order valence-electron chi connectivity index (χ2n) is 4.66. The highest BCUT2D eigenvalue weighted by atomic mass is 16.5. The van der Waals surface area contributed by atoms with Gasteiger partial charge < -0.3 is 15.8 Å². The van der Waals surface area contributed by atoms with Gasteiger partial charge in [0.05, 0.1) is 12.8 Å². The van der Waals surface area contributed by atoms with E-state index in [9.17, 15) is 4.79 Å². The van der Waals surface area contributed by atoms with Gasteiger partial charge in [0, 0.05) is 13.0 Å². The number of hydrogen-bond donors (Lipinski definition) is 2. The fraction of sp³-hybridized carbons (Fsp3) is 0.533. The lowest BCUT2D eigenvalue weighted by Gasteiger charge is -2.08. The molecule has 0 atom stereocenters. The second kappa shape index (κ2) is 8.40. The summed E-state index contributed by atoms with van der Waals surface area (Å²) < 4.78 is 5.09. The molecule has 0 aromatic heterocycles. The highest BCUT2D eigenvalue weighted by molar-refractivity contribution is 5.75. The van der Waals surface area contributed by atoms with Gasteiger partial charge in [0.2, 0.25) is 5.91 Å². The predicted molar refractivity (Wildman–Crippen MR) is 78.0 cm³/mol. The molecule has 0 unspecified atom stereocenters. The van der Waals surface area contributed by atoms with Crippen LogP contribution in [0.3, 0.4) is 0 Å². The van der Waals surface area contributed by atoms with E-state index in [4.69, 9.17) is 10.5 Å². The van der Waals surface area contributed by atoms with E-state index in [2.05, 4.69) is 12.2 Å². The maximum absolute atomic E-state index is 11.6. The zero-order chi connectivity index (χ0) is 14.1. The van der Waals surface area contributed by atoms with Crippen LogP contribution in [0.5, 0.6) is 5.75 Å². The lowest BCUT2D eigenvalue weighted by Crippen LogP contribution is -2.22. The normalized spacial score (nSPS) is 10.2. The Morgan fingerprint density at radius 2 is 2.11 bits per heavy atom. The molecule has 1 rings (SSSR count). The van der Waals surface area contributed by atoms with Crippen molar-refractivity contribution in [3.63, 3.8) is 0 Å². The maximum atomic E-state index is 11.6. The molecule has 3 N–H and O–H groups in total. The number of anilines is 1. The topological polar surface area (TPSA) is 64.3 Å². The monoisotopic (exact) mass is 264 g/mol. The molecule has 1 aromatic rings. The van der Waals surface area contributed by atoms with E-state index >= 15 is 0 Å². The van der Waals surface area contributed by atoms with Crippen LogP contribution < -0.4 is 15.8 Å². The SMILES string of the molecule is CCCCCCC(=O)NCc1ccc(OC)c(N)c1. The van der Waals surface area contributed by atoms with Gasteiger partial charge in [-0.15, -0.1) is 0 Å². The largest absolute Gasteiger partial charge is 0.495 e. The van der Waals surface area contributed by atoms with Crippen LogP contribution in [-0.2, 0) is 11.3 Å². The molecule has 0 spiro atoms. The van der Waals surface area contributed by atoms with Crippen molar-refractivity contribution in [1.29, 1.82) is 0 Å². The molecule has 0 saturated heterocycles. The first-order chi connectivity index (χ1) is 9.17. The van der Waals surface area contributed by atoms with E-state index in [1.165, 1.54) is 12.8 Å². The van der Waals surface area contributed by atoms with Crippen LogP contribution in [0.15, 0.2) is 18.2 Å². The number of amides is 1. The number of nitrogens with one attached hydrogen (secondary N) is 1. The molecule has 0 fully saturated rings. The van der Waals surface area contributed by atoms with Gasteiger partial charge in [0.1, 0.15) is 5.75 Å². The fourth-order valence-electron chi connectivity index (χ4n) is 1.90. The fourth-order valence-corrected chi connectivity index (χ4v) is 1.90. The number of methoxy groups -OCH3 is 1. The van der Waals surface area contributed by atoms with E-state index < -0.39 is 0 Å². The third-order valence-electron chi connectivity index (χ3n) is 3.04. The number of nitrogen functional groups attached to an aromatic ring is 1. The average molecular weight is 264 g/mol. The molecule has 1 amide bonds. The first-order valence-electron chi connectivity index (χ1n) is 6.86. The number of hydrogen-bond acceptors (Lipinski definition) is 3. The van der Waals surface area contributed by atoms with Crippen molar-refractivity contribution >= 4 is 11.6 Å². The molecule has 0 bridgehead atoms. The predicted octanol–water partition coefficient (Wildman–Crippen LogP) is 2.86. The zero-order valence-electron chi connectivity index (χ0n) is 11.9. The van der Waals surface area contributed by atoms with Crippen molar-refractivity contribution in [3.05, 3.63) is 23.8 Å². The average Bonchev–Trinajstić information content (AvgIpc) is 2.41.